The Bertz CT molecular complexity index is 374. The maximum Gasteiger partial charge on any atom is 0.189 e. The van der Waals surface area contributed by atoms with Crippen molar-refractivity contribution < 1.29 is 19.3 Å². The largest absolute Gasteiger partial charge is 0.490 e. The average molecular weight is 252 g/mol. The lowest BCUT2D eigenvalue weighted by atomic mass is 10.2. The summed E-state index contributed by atoms with van der Waals surface area (Å²) in [6.07, 6.45) is 2.55. The van der Waals surface area contributed by atoms with Crippen molar-refractivity contribution in [2.45, 2.75) is 26.4 Å². The zero-order chi connectivity index (χ0) is 12.8. The SMILES string of the molecule is CCOc1cc(CO)ccc1OCOCC1CC1. The molecule has 0 atom stereocenters. The van der Waals surface area contributed by atoms with Gasteiger partial charge in [0.2, 0.25) is 0 Å². The molecule has 1 aliphatic rings. The van der Waals surface area contributed by atoms with Crippen molar-refractivity contribution in [1.82, 2.24) is 0 Å². The molecule has 0 radical (unpaired) electrons. The second-order valence-corrected chi connectivity index (χ2v) is 4.45. The van der Waals surface area contributed by atoms with Crippen LogP contribution in [0.15, 0.2) is 18.2 Å². The molecule has 0 bridgehead atoms. The van der Waals surface area contributed by atoms with Crippen LogP contribution in [0.4, 0.5) is 0 Å². The Morgan fingerprint density at radius 2 is 2.06 bits per heavy atom. The molecule has 1 saturated carbocycles. The van der Waals surface area contributed by atoms with E-state index in [2.05, 4.69) is 0 Å². The highest BCUT2D eigenvalue weighted by Gasteiger charge is 2.21. The number of hydrogen-bond donors (Lipinski definition) is 1. The summed E-state index contributed by atoms with van der Waals surface area (Å²) >= 11 is 0. The Balaban J connectivity index is 1.87. The van der Waals surface area contributed by atoms with Gasteiger partial charge in [-0.25, -0.2) is 0 Å². The highest BCUT2D eigenvalue weighted by molar-refractivity contribution is 5.42. The fourth-order valence-electron chi connectivity index (χ4n) is 1.64. The van der Waals surface area contributed by atoms with Gasteiger partial charge in [0.25, 0.3) is 0 Å². The lowest BCUT2D eigenvalue weighted by Crippen LogP contribution is -2.06. The first kappa shape index (κ1) is 13.2. The van der Waals surface area contributed by atoms with Crippen molar-refractivity contribution in [3.63, 3.8) is 0 Å². The molecule has 0 saturated heterocycles. The summed E-state index contributed by atoms with van der Waals surface area (Å²) in [7, 11) is 0. The van der Waals surface area contributed by atoms with Crippen LogP contribution < -0.4 is 9.47 Å². The van der Waals surface area contributed by atoms with E-state index in [1.54, 1.807) is 12.1 Å². The Morgan fingerprint density at radius 1 is 1.22 bits per heavy atom. The van der Waals surface area contributed by atoms with Gasteiger partial charge < -0.3 is 19.3 Å². The smallest absolute Gasteiger partial charge is 0.189 e. The summed E-state index contributed by atoms with van der Waals surface area (Å²) in [6, 6.07) is 5.41. The Labute approximate surface area is 107 Å². The van der Waals surface area contributed by atoms with Crippen molar-refractivity contribution >= 4 is 0 Å². The molecule has 1 aromatic rings. The summed E-state index contributed by atoms with van der Waals surface area (Å²) in [6.45, 7) is 3.50. The number of ether oxygens (including phenoxy) is 3. The maximum atomic E-state index is 9.08. The molecule has 0 heterocycles. The van der Waals surface area contributed by atoms with E-state index in [4.69, 9.17) is 19.3 Å². The van der Waals surface area contributed by atoms with Crippen molar-refractivity contribution in [1.29, 1.82) is 0 Å². The molecule has 1 aromatic carbocycles. The minimum atomic E-state index is -0.00145. The predicted molar refractivity (Wildman–Crippen MR) is 67.7 cm³/mol. The quantitative estimate of drug-likeness (QED) is 0.570. The molecule has 0 spiro atoms. The molecule has 4 nitrogen and oxygen atoms in total. The fourth-order valence-corrected chi connectivity index (χ4v) is 1.64. The number of rotatable bonds is 8. The molecule has 100 valence electrons. The first-order valence-electron chi connectivity index (χ1n) is 6.40. The van der Waals surface area contributed by atoms with E-state index in [0.717, 1.165) is 18.1 Å². The first-order valence-corrected chi connectivity index (χ1v) is 6.40. The molecular formula is C14H20O4. The van der Waals surface area contributed by atoms with Crippen LogP contribution in [0, 0.1) is 5.92 Å². The molecule has 0 unspecified atom stereocenters. The minimum Gasteiger partial charge on any atom is -0.490 e. The topological polar surface area (TPSA) is 47.9 Å². The van der Waals surface area contributed by atoms with Gasteiger partial charge in [-0.05, 0) is 43.4 Å². The summed E-state index contributed by atoms with van der Waals surface area (Å²) in [4.78, 5) is 0. The number of aliphatic hydroxyl groups is 1. The normalized spacial score (nSPS) is 14.6. The van der Waals surface area contributed by atoms with E-state index in [-0.39, 0.29) is 13.4 Å². The van der Waals surface area contributed by atoms with E-state index in [9.17, 15) is 0 Å². The van der Waals surface area contributed by atoms with E-state index < -0.39 is 0 Å². The molecule has 1 aliphatic carbocycles. The van der Waals surface area contributed by atoms with Gasteiger partial charge in [-0.2, -0.15) is 0 Å². The van der Waals surface area contributed by atoms with Gasteiger partial charge in [0.15, 0.2) is 18.3 Å². The molecular weight excluding hydrogens is 232 g/mol. The van der Waals surface area contributed by atoms with E-state index in [1.807, 2.05) is 13.0 Å². The third kappa shape index (κ3) is 3.89. The predicted octanol–water partition coefficient (Wildman–Crippen LogP) is 2.34. The van der Waals surface area contributed by atoms with Crippen molar-refractivity contribution in [2.75, 3.05) is 20.0 Å². The van der Waals surface area contributed by atoms with Gasteiger partial charge in [0, 0.05) is 0 Å². The third-order valence-electron chi connectivity index (χ3n) is 2.84. The zero-order valence-electron chi connectivity index (χ0n) is 10.7. The summed E-state index contributed by atoms with van der Waals surface area (Å²) in [5.41, 5.74) is 0.810. The minimum absolute atomic E-state index is 0.00145. The summed E-state index contributed by atoms with van der Waals surface area (Å²) < 4.78 is 16.4. The van der Waals surface area contributed by atoms with Crippen LogP contribution >= 0.6 is 0 Å². The number of hydrogen-bond acceptors (Lipinski definition) is 4. The second-order valence-electron chi connectivity index (χ2n) is 4.45. The van der Waals surface area contributed by atoms with Crippen LogP contribution in [0.5, 0.6) is 11.5 Å². The highest BCUT2D eigenvalue weighted by atomic mass is 16.7. The Kier molecular flexibility index (Phi) is 4.84. The van der Waals surface area contributed by atoms with Crippen LogP contribution in [0.1, 0.15) is 25.3 Å². The Hall–Kier alpha value is -1.26. The van der Waals surface area contributed by atoms with Gasteiger partial charge >= 0.3 is 0 Å². The molecule has 0 amide bonds. The summed E-state index contributed by atoms with van der Waals surface area (Å²) in [5.74, 6) is 2.04. The molecule has 1 fully saturated rings. The van der Waals surface area contributed by atoms with Gasteiger partial charge in [-0.1, -0.05) is 6.07 Å². The van der Waals surface area contributed by atoms with Crippen molar-refractivity contribution in [2.24, 2.45) is 5.92 Å². The van der Waals surface area contributed by atoms with Gasteiger partial charge in [0.05, 0.1) is 19.8 Å². The number of benzene rings is 1. The van der Waals surface area contributed by atoms with E-state index >= 15 is 0 Å². The standard InChI is InChI=1S/C14H20O4/c1-2-17-14-7-12(8-15)5-6-13(14)18-10-16-9-11-3-4-11/h5-7,11,15H,2-4,8-10H2,1H3. The van der Waals surface area contributed by atoms with Crippen molar-refractivity contribution in [3.8, 4) is 11.5 Å². The van der Waals surface area contributed by atoms with Gasteiger partial charge in [-0.15, -0.1) is 0 Å². The van der Waals surface area contributed by atoms with Crippen molar-refractivity contribution in [3.05, 3.63) is 23.8 Å². The lowest BCUT2D eigenvalue weighted by molar-refractivity contribution is 0.00837. The lowest BCUT2D eigenvalue weighted by Gasteiger charge is -2.13. The molecule has 18 heavy (non-hydrogen) atoms. The first-order chi connectivity index (χ1) is 8.83. The second kappa shape index (κ2) is 6.61. The number of aliphatic hydroxyl groups excluding tert-OH is 1. The fraction of sp³-hybridized carbons (Fsp3) is 0.571. The Morgan fingerprint density at radius 3 is 2.72 bits per heavy atom. The van der Waals surface area contributed by atoms with Crippen LogP contribution in [0.2, 0.25) is 0 Å². The van der Waals surface area contributed by atoms with Crippen LogP contribution in [0.3, 0.4) is 0 Å². The summed E-state index contributed by atoms with van der Waals surface area (Å²) in [5, 5.41) is 9.08. The molecule has 4 heteroatoms. The van der Waals surface area contributed by atoms with Crippen LogP contribution in [0.25, 0.3) is 0 Å². The molecule has 1 N–H and O–H groups in total. The maximum absolute atomic E-state index is 9.08. The molecule has 0 aliphatic heterocycles. The molecule has 0 aromatic heterocycles. The van der Waals surface area contributed by atoms with E-state index in [1.165, 1.54) is 12.8 Å². The van der Waals surface area contributed by atoms with Gasteiger partial charge in [0.1, 0.15) is 0 Å². The highest BCUT2D eigenvalue weighted by Crippen LogP contribution is 2.30. The monoisotopic (exact) mass is 252 g/mol. The van der Waals surface area contributed by atoms with Crippen LogP contribution in [-0.4, -0.2) is 25.1 Å². The van der Waals surface area contributed by atoms with Gasteiger partial charge in [-0.3, -0.25) is 0 Å². The third-order valence-corrected chi connectivity index (χ3v) is 2.84. The molecule has 2 rings (SSSR count). The van der Waals surface area contributed by atoms with E-state index in [0.29, 0.717) is 18.1 Å². The zero-order valence-corrected chi connectivity index (χ0v) is 10.7. The van der Waals surface area contributed by atoms with Crippen LogP contribution in [-0.2, 0) is 11.3 Å². The average Bonchev–Trinajstić information content (AvgIpc) is 3.20.